The Bertz CT molecular complexity index is 1670. The van der Waals surface area contributed by atoms with Crippen LogP contribution < -0.4 is 26.4 Å². The van der Waals surface area contributed by atoms with Crippen molar-refractivity contribution in [3.63, 3.8) is 0 Å². The van der Waals surface area contributed by atoms with E-state index >= 15 is 4.39 Å². The maximum Gasteiger partial charge on any atom is 0.417 e. The lowest BCUT2D eigenvalue weighted by atomic mass is 9.94. The molecule has 1 saturated heterocycles. The Kier molecular flexibility index (Phi) is 7.48. The second-order valence-corrected chi connectivity index (χ2v) is 11.1. The smallest absolute Gasteiger partial charge is 0.417 e. The minimum atomic E-state index is -5.02. The number of pyridine rings is 2. The third-order valence-corrected chi connectivity index (χ3v) is 8.01. The van der Waals surface area contributed by atoms with Crippen LogP contribution in [0.15, 0.2) is 30.7 Å². The van der Waals surface area contributed by atoms with E-state index in [4.69, 9.17) is 10.5 Å². The highest BCUT2D eigenvalue weighted by Gasteiger charge is 2.39. The number of alkyl halides is 3. The van der Waals surface area contributed by atoms with Gasteiger partial charge in [-0.1, -0.05) is 12.5 Å². The van der Waals surface area contributed by atoms with Crippen molar-refractivity contribution in [1.29, 1.82) is 0 Å². The first-order valence-corrected chi connectivity index (χ1v) is 14.1. The largest absolute Gasteiger partial charge is 0.473 e. The number of nitrogens with one attached hydrogen (secondary N) is 3. The Hall–Kier alpha value is -4.20. The molecule has 2 unspecified atom stereocenters. The van der Waals surface area contributed by atoms with Crippen LogP contribution in [-0.4, -0.2) is 44.3 Å². The highest BCUT2D eigenvalue weighted by atomic mass is 19.4. The van der Waals surface area contributed by atoms with E-state index in [1.54, 1.807) is 22.8 Å². The maximum absolute atomic E-state index is 16.6. The van der Waals surface area contributed by atoms with Gasteiger partial charge in [-0.25, -0.2) is 23.3 Å². The maximum atomic E-state index is 16.6. The molecule has 5 heterocycles. The summed E-state index contributed by atoms with van der Waals surface area (Å²) < 4.78 is 81.9. The number of hydrogen-bond acceptors (Lipinski definition) is 8. The number of aromatic nitrogens is 4. The minimum absolute atomic E-state index is 0.0632. The molecule has 43 heavy (non-hydrogen) atoms. The van der Waals surface area contributed by atoms with E-state index in [0.29, 0.717) is 24.2 Å². The molecule has 2 aliphatic rings. The van der Waals surface area contributed by atoms with Gasteiger partial charge in [-0.3, -0.25) is 0 Å². The van der Waals surface area contributed by atoms with E-state index in [2.05, 4.69) is 31.0 Å². The van der Waals surface area contributed by atoms with E-state index in [9.17, 15) is 17.6 Å². The number of ether oxygens (including phenoxy) is 1. The molecule has 3 atom stereocenters. The number of rotatable bonds is 4. The summed E-state index contributed by atoms with van der Waals surface area (Å²) in [5.41, 5.74) is 3.14. The molecule has 14 heteroatoms. The zero-order chi connectivity index (χ0) is 30.5. The number of nitrogens with two attached hydrogens (primary N) is 1. The Morgan fingerprint density at radius 1 is 1.16 bits per heavy atom. The van der Waals surface area contributed by atoms with Crippen LogP contribution in [-0.2, 0) is 12.7 Å². The average Bonchev–Trinajstić information content (AvgIpc) is 3.42. The van der Waals surface area contributed by atoms with Gasteiger partial charge in [-0.05, 0) is 56.4 Å². The monoisotopic (exact) mass is 602 g/mol. The van der Waals surface area contributed by atoms with Crippen molar-refractivity contribution in [3.8, 4) is 17.1 Å². The van der Waals surface area contributed by atoms with Crippen LogP contribution in [0.25, 0.3) is 16.9 Å². The van der Waals surface area contributed by atoms with Gasteiger partial charge in [-0.15, -0.1) is 0 Å². The first-order valence-electron chi connectivity index (χ1n) is 14.1. The van der Waals surface area contributed by atoms with Gasteiger partial charge in [0.05, 0.1) is 17.4 Å². The zero-order valence-electron chi connectivity index (χ0n) is 23.5. The molecule has 0 aliphatic carbocycles. The van der Waals surface area contributed by atoms with Crippen LogP contribution in [0, 0.1) is 18.6 Å². The number of benzene rings is 1. The molecule has 0 saturated carbocycles. The molecule has 1 fully saturated rings. The Morgan fingerprint density at radius 2 is 1.95 bits per heavy atom. The summed E-state index contributed by atoms with van der Waals surface area (Å²) in [5.74, 6) is -2.35. The van der Waals surface area contributed by atoms with Gasteiger partial charge in [0.25, 0.3) is 0 Å². The lowest BCUT2D eigenvalue weighted by Crippen LogP contribution is -2.47. The fourth-order valence-corrected chi connectivity index (χ4v) is 5.98. The third kappa shape index (κ3) is 5.63. The van der Waals surface area contributed by atoms with Crippen LogP contribution in [0.3, 0.4) is 0 Å². The van der Waals surface area contributed by atoms with Gasteiger partial charge in [0.15, 0.2) is 11.5 Å². The van der Waals surface area contributed by atoms with Gasteiger partial charge in [0.1, 0.15) is 29.2 Å². The molecule has 1 aromatic carbocycles. The highest BCUT2D eigenvalue weighted by molar-refractivity contribution is 5.82. The summed E-state index contributed by atoms with van der Waals surface area (Å²) >= 11 is 0. The van der Waals surface area contributed by atoms with Crippen molar-refractivity contribution in [3.05, 3.63) is 59.0 Å². The van der Waals surface area contributed by atoms with Crippen molar-refractivity contribution >= 4 is 22.7 Å². The molecule has 0 radical (unpaired) electrons. The topological polar surface area (TPSA) is 114 Å². The molecule has 4 aromatic rings. The van der Waals surface area contributed by atoms with E-state index < -0.39 is 52.0 Å². The molecule has 2 aliphatic heterocycles. The summed E-state index contributed by atoms with van der Waals surface area (Å²) in [6.07, 6.45) is 1.22. The molecule has 0 amide bonds. The fourth-order valence-electron chi connectivity index (χ4n) is 5.98. The van der Waals surface area contributed by atoms with Crippen LogP contribution in [0.5, 0.6) is 5.88 Å². The molecular formula is C29H31F5N8O. The molecule has 6 rings (SSSR count). The number of hydrogen-bond donors (Lipinski definition) is 4. The van der Waals surface area contributed by atoms with Crippen LogP contribution in [0.1, 0.15) is 49.3 Å². The molecule has 0 spiro atoms. The Morgan fingerprint density at radius 3 is 2.74 bits per heavy atom. The predicted molar refractivity (Wildman–Crippen MR) is 152 cm³/mol. The number of nitrogen functional groups attached to an aromatic ring is 1. The molecule has 228 valence electrons. The van der Waals surface area contributed by atoms with Gasteiger partial charge in [0.2, 0.25) is 5.88 Å². The summed E-state index contributed by atoms with van der Waals surface area (Å²) in [6, 6.07) is 4.58. The van der Waals surface area contributed by atoms with Gasteiger partial charge < -0.3 is 26.4 Å². The standard InChI is InChI=1S/C29H31F5N8O/c1-14-8-17-4-3-5-18(40-17)11-37-27-26(36-10-16-6-7-21-38-13-39-42(21)12-16)24(31)25(41-28(27)43-14)19-9-20(35)23(30)15(2)22(19)29(32,33)34/h6-7,9,12-14,17-18,37,40H,3-5,8,10-11,35H2,1-2H3,(H,36,41)/t14-,17?,18?/m0/s1. The number of anilines is 3. The van der Waals surface area contributed by atoms with Crippen molar-refractivity contribution in [1.82, 2.24) is 24.9 Å². The summed E-state index contributed by atoms with van der Waals surface area (Å²) in [7, 11) is 0. The number of fused-ring (bicyclic) bond motifs is 4. The van der Waals surface area contributed by atoms with Crippen LogP contribution >= 0.6 is 0 Å². The number of halogens is 5. The van der Waals surface area contributed by atoms with Crippen LogP contribution in [0.2, 0.25) is 0 Å². The molecule has 9 nitrogen and oxygen atoms in total. The normalized spacial score (nSPS) is 20.7. The third-order valence-electron chi connectivity index (χ3n) is 8.01. The number of piperidine rings is 1. The van der Waals surface area contributed by atoms with Gasteiger partial charge in [-0.2, -0.15) is 18.3 Å². The molecular weight excluding hydrogens is 571 g/mol. The van der Waals surface area contributed by atoms with E-state index in [-0.39, 0.29) is 35.9 Å². The molecule has 3 aromatic heterocycles. The second kappa shape index (κ2) is 11.1. The second-order valence-electron chi connectivity index (χ2n) is 11.1. The van der Waals surface area contributed by atoms with E-state index in [1.165, 1.54) is 6.33 Å². The zero-order valence-corrected chi connectivity index (χ0v) is 23.5. The fraction of sp³-hybridized carbons (Fsp3) is 0.414. The van der Waals surface area contributed by atoms with E-state index in [0.717, 1.165) is 32.3 Å². The minimum Gasteiger partial charge on any atom is -0.473 e. The predicted octanol–water partition coefficient (Wildman–Crippen LogP) is 5.68. The molecule has 5 N–H and O–H groups in total. The summed E-state index contributed by atoms with van der Waals surface area (Å²) in [4.78, 5) is 8.43. The highest BCUT2D eigenvalue weighted by Crippen LogP contribution is 2.46. The summed E-state index contributed by atoms with van der Waals surface area (Å²) in [6.45, 7) is 3.30. The van der Waals surface area contributed by atoms with Crippen molar-refractivity contribution in [2.24, 2.45) is 0 Å². The van der Waals surface area contributed by atoms with Crippen molar-refractivity contribution in [2.75, 3.05) is 22.9 Å². The lowest BCUT2D eigenvalue weighted by molar-refractivity contribution is -0.137. The van der Waals surface area contributed by atoms with Gasteiger partial charge >= 0.3 is 6.18 Å². The summed E-state index contributed by atoms with van der Waals surface area (Å²) in [5, 5.41) is 14.0. The molecule has 2 bridgehead atoms. The van der Waals surface area contributed by atoms with Crippen molar-refractivity contribution in [2.45, 2.75) is 70.4 Å². The SMILES string of the molecule is Cc1c(F)c(N)cc(-c2nc3c(c(NCc4ccc5ncnn5c4)c2F)NCC2CCCC(C[C@H](C)O3)N2)c1C(F)(F)F. The number of nitrogens with zero attached hydrogens (tertiary/aromatic N) is 4. The first-order chi connectivity index (χ1) is 20.5. The Labute approximate surface area is 244 Å². The quantitative estimate of drug-likeness (QED) is 0.174. The van der Waals surface area contributed by atoms with Crippen molar-refractivity contribution < 1.29 is 26.7 Å². The van der Waals surface area contributed by atoms with E-state index in [1.807, 2.05) is 6.92 Å². The Balaban J connectivity index is 1.51. The first kappa shape index (κ1) is 28.9. The average molecular weight is 603 g/mol. The van der Waals surface area contributed by atoms with Crippen LogP contribution in [0.4, 0.5) is 39.0 Å². The van der Waals surface area contributed by atoms with Gasteiger partial charge in [0, 0.05) is 36.9 Å². The lowest BCUT2D eigenvalue weighted by Gasteiger charge is -2.35.